The zero-order valence-electron chi connectivity index (χ0n) is 17.1. The molecule has 166 valence electrons. The molecule has 0 saturated carbocycles. The fourth-order valence-corrected chi connectivity index (χ4v) is 5.02. The van der Waals surface area contributed by atoms with E-state index in [0.29, 0.717) is 23.8 Å². The zero-order chi connectivity index (χ0) is 22.8. The molecule has 1 saturated heterocycles. The lowest BCUT2D eigenvalue weighted by molar-refractivity contribution is -0.385. The Kier molecular flexibility index (Phi) is 6.95. The minimum atomic E-state index is -3.86. The molecule has 1 aliphatic rings. The van der Waals surface area contributed by atoms with E-state index < -0.39 is 21.0 Å². The first-order valence-corrected chi connectivity index (χ1v) is 11.5. The quantitative estimate of drug-likeness (QED) is 0.517. The van der Waals surface area contributed by atoms with E-state index in [9.17, 15) is 23.3 Å². The number of sulfonamides is 1. The molecule has 1 heterocycles. The molecule has 0 radical (unpaired) electrons. The molecule has 9 nitrogen and oxygen atoms in total. The number of non-ortho nitro benzene ring substituents is 1. The summed E-state index contributed by atoms with van der Waals surface area (Å²) in [6.45, 7) is 4.66. The average molecular weight is 467 g/mol. The van der Waals surface area contributed by atoms with Gasteiger partial charge in [0.2, 0.25) is 15.9 Å². The number of piperazine rings is 1. The van der Waals surface area contributed by atoms with E-state index in [0.717, 1.165) is 11.6 Å². The molecule has 1 amide bonds. The Bertz CT molecular complexity index is 1100. The number of rotatable bonds is 6. The van der Waals surface area contributed by atoms with Crippen molar-refractivity contribution in [2.75, 3.05) is 31.5 Å². The standard InChI is InChI=1S/C20H23ClN4O5S/c1-14-18(21)7-4-8-19(14)22-20(26)15(2)23-9-11-24(12-10-23)31(29,30)17-6-3-5-16(13-17)25(27)28/h3-8,13,15H,9-12H2,1-2H3,(H,22,26). The number of nitrogens with zero attached hydrogens (tertiary/aromatic N) is 3. The van der Waals surface area contributed by atoms with Gasteiger partial charge in [-0.1, -0.05) is 23.7 Å². The highest BCUT2D eigenvalue weighted by molar-refractivity contribution is 7.89. The first kappa shape index (κ1) is 23.1. The summed E-state index contributed by atoms with van der Waals surface area (Å²) in [5.74, 6) is -0.208. The van der Waals surface area contributed by atoms with Crippen LogP contribution in [0.3, 0.4) is 0 Å². The Labute approximate surface area is 185 Å². The SMILES string of the molecule is Cc1c(Cl)cccc1NC(=O)C(C)N1CCN(S(=O)(=O)c2cccc([N+](=O)[O-])c2)CC1. The minimum absolute atomic E-state index is 0.114. The molecule has 2 aromatic rings. The van der Waals surface area contributed by atoms with Gasteiger partial charge in [-0.2, -0.15) is 4.31 Å². The first-order valence-electron chi connectivity index (χ1n) is 9.66. The largest absolute Gasteiger partial charge is 0.324 e. The van der Waals surface area contributed by atoms with Gasteiger partial charge in [0.1, 0.15) is 0 Å². The van der Waals surface area contributed by atoms with Gasteiger partial charge in [0.15, 0.2) is 0 Å². The highest BCUT2D eigenvalue weighted by atomic mass is 35.5. The predicted molar refractivity (Wildman–Crippen MR) is 118 cm³/mol. The van der Waals surface area contributed by atoms with Gasteiger partial charge in [0.25, 0.3) is 5.69 Å². The first-order chi connectivity index (χ1) is 14.6. The van der Waals surface area contributed by atoms with Crippen molar-refractivity contribution < 1.29 is 18.1 Å². The molecular formula is C20H23ClN4O5S. The van der Waals surface area contributed by atoms with Crippen LogP contribution in [-0.2, 0) is 14.8 Å². The van der Waals surface area contributed by atoms with E-state index in [1.807, 2.05) is 11.8 Å². The predicted octanol–water partition coefficient (Wildman–Crippen LogP) is 2.89. The number of amides is 1. The Morgan fingerprint density at radius 1 is 1.16 bits per heavy atom. The van der Waals surface area contributed by atoms with E-state index in [1.54, 1.807) is 25.1 Å². The molecule has 1 aliphatic heterocycles. The highest BCUT2D eigenvalue weighted by Crippen LogP contribution is 2.24. The molecule has 1 fully saturated rings. The number of nitro groups is 1. The van der Waals surface area contributed by atoms with Crippen LogP contribution >= 0.6 is 11.6 Å². The molecule has 11 heteroatoms. The van der Waals surface area contributed by atoms with E-state index >= 15 is 0 Å². The summed E-state index contributed by atoms with van der Waals surface area (Å²) in [7, 11) is -3.86. The Hall–Kier alpha value is -2.53. The molecule has 0 bridgehead atoms. The van der Waals surface area contributed by atoms with Crippen LogP contribution in [0, 0.1) is 17.0 Å². The van der Waals surface area contributed by atoms with E-state index in [1.165, 1.54) is 22.5 Å². The second-order valence-corrected chi connectivity index (χ2v) is 9.62. The third-order valence-electron chi connectivity index (χ3n) is 5.39. The van der Waals surface area contributed by atoms with Gasteiger partial charge in [-0.25, -0.2) is 8.42 Å². The van der Waals surface area contributed by atoms with Crippen LogP contribution in [0.5, 0.6) is 0 Å². The maximum Gasteiger partial charge on any atom is 0.270 e. The zero-order valence-corrected chi connectivity index (χ0v) is 18.7. The second-order valence-electron chi connectivity index (χ2n) is 7.27. The van der Waals surface area contributed by atoms with Crippen LogP contribution in [0.4, 0.5) is 11.4 Å². The van der Waals surface area contributed by atoms with Crippen LogP contribution < -0.4 is 5.32 Å². The number of anilines is 1. The van der Waals surface area contributed by atoms with Gasteiger partial charge < -0.3 is 5.32 Å². The van der Waals surface area contributed by atoms with Crippen molar-refractivity contribution in [2.24, 2.45) is 0 Å². The number of halogens is 1. The number of nitro benzene ring substituents is 1. The number of hydrogen-bond acceptors (Lipinski definition) is 6. The van der Waals surface area contributed by atoms with Gasteiger partial charge in [0.05, 0.1) is 15.9 Å². The molecule has 0 aromatic heterocycles. The monoisotopic (exact) mass is 466 g/mol. The molecule has 2 aromatic carbocycles. The van der Waals surface area contributed by atoms with Crippen molar-refractivity contribution in [3.63, 3.8) is 0 Å². The summed E-state index contributed by atoms with van der Waals surface area (Å²) >= 11 is 6.10. The molecule has 3 rings (SSSR count). The maximum atomic E-state index is 12.9. The Morgan fingerprint density at radius 3 is 2.45 bits per heavy atom. The molecule has 31 heavy (non-hydrogen) atoms. The molecule has 1 atom stereocenters. The lowest BCUT2D eigenvalue weighted by Gasteiger charge is -2.36. The number of benzene rings is 2. The van der Waals surface area contributed by atoms with E-state index in [2.05, 4.69) is 5.32 Å². The summed E-state index contributed by atoms with van der Waals surface area (Å²) in [6.07, 6.45) is 0. The van der Waals surface area contributed by atoms with Crippen molar-refractivity contribution in [1.82, 2.24) is 9.21 Å². The van der Waals surface area contributed by atoms with Crippen LogP contribution in [0.15, 0.2) is 47.4 Å². The average Bonchev–Trinajstić information content (AvgIpc) is 2.76. The summed E-state index contributed by atoms with van der Waals surface area (Å²) in [4.78, 5) is 24.8. The summed E-state index contributed by atoms with van der Waals surface area (Å²) in [5, 5.41) is 14.4. The van der Waals surface area contributed by atoms with Gasteiger partial charge in [-0.15, -0.1) is 0 Å². The Balaban J connectivity index is 1.64. The summed E-state index contributed by atoms with van der Waals surface area (Å²) < 4.78 is 27.0. The second kappa shape index (κ2) is 9.31. The van der Waals surface area contributed by atoms with E-state index in [-0.39, 0.29) is 29.6 Å². The van der Waals surface area contributed by atoms with Crippen molar-refractivity contribution in [2.45, 2.75) is 24.8 Å². The van der Waals surface area contributed by atoms with Crippen molar-refractivity contribution in [1.29, 1.82) is 0 Å². The normalized spacial score (nSPS) is 16.6. The van der Waals surface area contributed by atoms with E-state index in [4.69, 9.17) is 11.6 Å². The lowest BCUT2D eigenvalue weighted by Crippen LogP contribution is -2.53. The van der Waals surface area contributed by atoms with Crippen molar-refractivity contribution in [3.05, 3.63) is 63.2 Å². The number of carbonyl (C=O) groups is 1. The van der Waals surface area contributed by atoms with Crippen LogP contribution in [0.2, 0.25) is 5.02 Å². The lowest BCUT2D eigenvalue weighted by atomic mass is 10.1. The number of nitrogens with one attached hydrogen (secondary N) is 1. The third kappa shape index (κ3) is 5.04. The topological polar surface area (TPSA) is 113 Å². The summed E-state index contributed by atoms with van der Waals surface area (Å²) in [5.41, 5.74) is 1.13. The van der Waals surface area contributed by atoms with Gasteiger partial charge >= 0.3 is 0 Å². The molecular weight excluding hydrogens is 444 g/mol. The smallest absolute Gasteiger partial charge is 0.270 e. The number of hydrogen-bond donors (Lipinski definition) is 1. The van der Waals surface area contributed by atoms with Gasteiger partial charge in [-0.3, -0.25) is 19.8 Å². The van der Waals surface area contributed by atoms with Gasteiger partial charge in [-0.05, 0) is 37.6 Å². The minimum Gasteiger partial charge on any atom is -0.324 e. The fraction of sp³-hybridized carbons (Fsp3) is 0.350. The number of carbonyl (C=O) groups excluding carboxylic acids is 1. The Morgan fingerprint density at radius 2 is 1.81 bits per heavy atom. The summed E-state index contributed by atoms with van der Waals surface area (Å²) in [6, 6.07) is 9.81. The van der Waals surface area contributed by atoms with Crippen LogP contribution in [-0.4, -0.2) is 60.7 Å². The van der Waals surface area contributed by atoms with Gasteiger partial charge in [0, 0.05) is 49.0 Å². The molecule has 1 N–H and O–H groups in total. The molecule has 0 aliphatic carbocycles. The van der Waals surface area contributed by atoms with Crippen molar-refractivity contribution >= 4 is 38.9 Å². The molecule has 0 spiro atoms. The molecule has 1 unspecified atom stereocenters. The fourth-order valence-electron chi connectivity index (χ4n) is 3.38. The van der Waals surface area contributed by atoms with Crippen molar-refractivity contribution in [3.8, 4) is 0 Å². The maximum absolute atomic E-state index is 12.9. The van der Waals surface area contributed by atoms with Crippen LogP contribution in [0.1, 0.15) is 12.5 Å². The van der Waals surface area contributed by atoms with Crippen LogP contribution in [0.25, 0.3) is 0 Å². The highest BCUT2D eigenvalue weighted by Gasteiger charge is 2.32. The third-order valence-corrected chi connectivity index (χ3v) is 7.70.